The minimum absolute atomic E-state index is 0.168. The summed E-state index contributed by atoms with van der Waals surface area (Å²) in [4.78, 5) is 17.7. The maximum absolute atomic E-state index is 12.1. The van der Waals surface area contributed by atoms with Gasteiger partial charge in [-0.1, -0.05) is 93.6 Å². The zero-order valence-corrected chi connectivity index (χ0v) is 20.3. The number of hydrogen-bond acceptors (Lipinski definition) is 3. The summed E-state index contributed by atoms with van der Waals surface area (Å²) >= 11 is 0. The van der Waals surface area contributed by atoms with Crippen LogP contribution in [0.4, 0.5) is 4.79 Å². The Balaban J connectivity index is 1.74. The smallest absolute Gasteiger partial charge is 0.408 e. The lowest BCUT2D eigenvalue weighted by Gasteiger charge is -2.43. The van der Waals surface area contributed by atoms with E-state index in [0.717, 1.165) is 11.1 Å². The van der Waals surface area contributed by atoms with E-state index in [4.69, 9.17) is 4.43 Å². The lowest BCUT2D eigenvalue weighted by Crippen LogP contribution is -2.67. The van der Waals surface area contributed by atoms with Crippen molar-refractivity contribution in [2.24, 2.45) is 0 Å². The monoisotopic (exact) mass is 458 g/mol. The molecule has 4 rings (SSSR count). The number of rotatable bonds is 6. The quantitative estimate of drug-likeness (QED) is 0.556. The molecule has 1 aliphatic heterocycles. The van der Waals surface area contributed by atoms with Crippen LogP contribution in [-0.2, 0) is 4.43 Å². The molecule has 170 valence electrons. The zero-order valence-electron chi connectivity index (χ0n) is 19.3. The SMILES string of the molecule is CC(C)(C)[Si](OC[C@@H]1C=C(c2cccnc2)CN1C(=O)O)(c1ccccc1)c1ccccc1. The number of pyridine rings is 1. The molecule has 1 N–H and O–H groups in total. The molecule has 6 heteroatoms. The number of carboxylic acid groups (broad SMARTS) is 1. The minimum Gasteiger partial charge on any atom is -0.465 e. The van der Waals surface area contributed by atoms with Gasteiger partial charge in [-0.2, -0.15) is 0 Å². The van der Waals surface area contributed by atoms with E-state index in [1.807, 2.05) is 30.3 Å². The predicted octanol–water partition coefficient (Wildman–Crippen LogP) is 4.40. The van der Waals surface area contributed by atoms with E-state index in [0.29, 0.717) is 13.2 Å². The van der Waals surface area contributed by atoms with Gasteiger partial charge in [-0.3, -0.25) is 9.88 Å². The molecule has 33 heavy (non-hydrogen) atoms. The summed E-state index contributed by atoms with van der Waals surface area (Å²) in [7, 11) is -2.74. The Morgan fingerprint density at radius 1 is 1.03 bits per heavy atom. The van der Waals surface area contributed by atoms with Gasteiger partial charge in [-0.15, -0.1) is 0 Å². The summed E-state index contributed by atoms with van der Waals surface area (Å²) in [5, 5.41) is 12.1. The molecule has 2 aromatic carbocycles. The molecule has 0 bridgehead atoms. The van der Waals surface area contributed by atoms with Gasteiger partial charge in [0.2, 0.25) is 0 Å². The van der Waals surface area contributed by atoms with Gasteiger partial charge in [0.25, 0.3) is 8.32 Å². The van der Waals surface area contributed by atoms with Gasteiger partial charge < -0.3 is 9.53 Å². The normalized spacial score (nSPS) is 16.5. The fourth-order valence-corrected chi connectivity index (χ4v) is 9.31. The van der Waals surface area contributed by atoms with Gasteiger partial charge in [0.1, 0.15) is 0 Å². The molecular formula is C27H30N2O3Si. The summed E-state index contributed by atoms with van der Waals surface area (Å²) in [6.45, 7) is 7.29. The van der Waals surface area contributed by atoms with E-state index < -0.39 is 14.4 Å². The average molecular weight is 459 g/mol. The van der Waals surface area contributed by atoms with Gasteiger partial charge in [-0.25, -0.2) is 4.79 Å². The standard InChI is InChI=1S/C27H30N2O3Si/c1-27(2,3)33(24-12-6-4-7-13-24,25-14-8-5-9-15-25)32-20-23-17-22(19-29(23)26(30)31)21-11-10-16-28-18-21/h4-18,23H,19-20H2,1-3H3,(H,30,31)/t23-/m0/s1. The first-order chi connectivity index (χ1) is 15.8. The Kier molecular flexibility index (Phi) is 6.49. The molecule has 0 fully saturated rings. The number of carbonyl (C=O) groups is 1. The second-order valence-electron chi connectivity index (χ2n) is 9.39. The van der Waals surface area contributed by atoms with Crippen LogP contribution in [0.2, 0.25) is 5.04 Å². The van der Waals surface area contributed by atoms with Crippen molar-refractivity contribution in [3.8, 4) is 0 Å². The van der Waals surface area contributed by atoms with Crippen LogP contribution in [0.15, 0.2) is 91.3 Å². The fraction of sp³-hybridized carbons (Fsp3) is 0.259. The van der Waals surface area contributed by atoms with Gasteiger partial charge in [0.15, 0.2) is 0 Å². The Morgan fingerprint density at radius 2 is 1.64 bits per heavy atom. The number of aromatic nitrogens is 1. The van der Waals surface area contributed by atoms with Crippen molar-refractivity contribution in [1.29, 1.82) is 0 Å². The Hall–Kier alpha value is -3.22. The van der Waals surface area contributed by atoms with Crippen molar-refractivity contribution in [2.75, 3.05) is 13.2 Å². The number of benzene rings is 2. The molecule has 0 aliphatic carbocycles. The predicted molar refractivity (Wildman–Crippen MR) is 134 cm³/mol. The van der Waals surface area contributed by atoms with Crippen molar-refractivity contribution in [3.05, 3.63) is 96.8 Å². The highest BCUT2D eigenvalue weighted by atomic mass is 28.4. The third kappa shape index (κ3) is 4.49. The Morgan fingerprint density at radius 3 is 2.12 bits per heavy atom. The van der Waals surface area contributed by atoms with Crippen molar-refractivity contribution >= 4 is 30.4 Å². The van der Waals surface area contributed by atoms with Crippen LogP contribution >= 0.6 is 0 Å². The number of amides is 1. The molecule has 2 heterocycles. The number of hydrogen-bond donors (Lipinski definition) is 1. The van der Waals surface area contributed by atoms with Crippen LogP contribution in [-0.4, -0.2) is 48.6 Å². The van der Waals surface area contributed by atoms with Crippen LogP contribution < -0.4 is 10.4 Å². The van der Waals surface area contributed by atoms with E-state index in [-0.39, 0.29) is 11.1 Å². The molecule has 1 aliphatic rings. The molecule has 1 atom stereocenters. The molecule has 3 aromatic rings. The lowest BCUT2D eigenvalue weighted by molar-refractivity contribution is 0.128. The van der Waals surface area contributed by atoms with Crippen LogP contribution in [0.25, 0.3) is 5.57 Å². The van der Waals surface area contributed by atoms with Crippen LogP contribution in [0, 0.1) is 0 Å². The first kappa shape index (κ1) is 23.0. The highest BCUT2D eigenvalue weighted by Crippen LogP contribution is 2.37. The number of nitrogens with zero attached hydrogens (tertiary/aromatic N) is 2. The van der Waals surface area contributed by atoms with Gasteiger partial charge in [0.05, 0.1) is 19.2 Å². The molecule has 0 unspecified atom stereocenters. The third-order valence-corrected chi connectivity index (χ3v) is 11.3. The molecule has 0 saturated carbocycles. The van der Waals surface area contributed by atoms with Crippen molar-refractivity contribution < 1.29 is 14.3 Å². The van der Waals surface area contributed by atoms with E-state index in [1.165, 1.54) is 15.3 Å². The van der Waals surface area contributed by atoms with Gasteiger partial charge in [-0.05, 0) is 32.6 Å². The molecule has 0 saturated heterocycles. The lowest BCUT2D eigenvalue weighted by atomic mass is 10.1. The van der Waals surface area contributed by atoms with Crippen molar-refractivity contribution in [1.82, 2.24) is 9.88 Å². The van der Waals surface area contributed by atoms with E-state index >= 15 is 0 Å². The maximum atomic E-state index is 12.1. The first-order valence-corrected chi connectivity index (χ1v) is 13.1. The zero-order chi connectivity index (χ0) is 23.5. The molecular weight excluding hydrogens is 428 g/mol. The first-order valence-electron chi connectivity index (χ1n) is 11.2. The van der Waals surface area contributed by atoms with Crippen LogP contribution in [0.5, 0.6) is 0 Å². The highest BCUT2D eigenvalue weighted by Gasteiger charge is 2.50. The summed E-state index contributed by atoms with van der Waals surface area (Å²) in [5.41, 5.74) is 1.90. The third-order valence-electron chi connectivity index (χ3n) is 6.30. The second kappa shape index (κ2) is 9.33. The minimum atomic E-state index is -2.74. The highest BCUT2D eigenvalue weighted by molar-refractivity contribution is 6.99. The summed E-state index contributed by atoms with van der Waals surface area (Å²) in [5.74, 6) is 0. The van der Waals surface area contributed by atoms with Crippen molar-refractivity contribution in [2.45, 2.75) is 31.9 Å². The molecule has 1 amide bonds. The molecule has 5 nitrogen and oxygen atoms in total. The molecule has 0 spiro atoms. The second-order valence-corrected chi connectivity index (χ2v) is 13.7. The Labute approximate surface area is 196 Å². The average Bonchev–Trinajstić information content (AvgIpc) is 3.25. The summed E-state index contributed by atoms with van der Waals surface area (Å²) in [6, 6.07) is 24.3. The fourth-order valence-electron chi connectivity index (χ4n) is 4.74. The van der Waals surface area contributed by atoms with E-state index in [1.54, 1.807) is 12.4 Å². The van der Waals surface area contributed by atoms with Gasteiger partial charge >= 0.3 is 6.09 Å². The van der Waals surface area contributed by atoms with E-state index in [9.17, 15) is 9.90 Å². The summed E-state index contributed by atoms with van der Waals surface area (Å²) < 4.78 is 6.99. The van der Waals surface area contributed by atoms with Gasteiger partial charge in [0, 0.05) is 12.4 Å². The Bertz CT molecular complexity index is 1070. The summed E-state index contributed by atoms with van der Waals surface area (Å²) in [6.07, 6.45) is 4.57. The van der Waals surface area contributed by atoms with E-state index in [2.05, 4.69) is 74.3 Å². The van der Waals surface area contributed by atoms with Crippen LogP contribution in [0.1, 0.15) is 26.3 Å². The van der Waals surface area contributed by atoms with Crippen LogP contribution in [0.3, 0.4) is 0 Å². The molecule has 0 radical (unpaired) electrons. The largest absolute Gasteiger partial charge is 0.465 e. The van der Waals surface area contributed by atoms with Crippen molar-refractivity contribution in [3.63, 3.8) is 0 Å². The topological polar surface area (TPSA) is 62.7 Å². The maximum Gasteiger partial charge on any atom is 0.408 e. The molecule has 1 aromatic heterocycles.